The summed E-state index contributed by atoms with van der Waals surface area (Å²) in [5.74, 6) is 1.58. The number of hydrogen-bond acceptors (Lipinski definition) is 2. The standard InChI is InChI=1S/C14H18F3NS/c15-14(16,17)13-7-12(6-5-11(13)8-18)19-9-10-3-1-2-4-10/h5-7,10H,1-4,8-9,18H2. The summed E-state index contributed by atoms with van der Waals surface area (Å²) in [6.07, 6.45) is 0.606. The lowest BCUT2D eigenvalue weighted by atomic mass is 10.1. The average molecular weight is 289 g/mol. The zero-order valence-corrected chi connectivity index (χ0v) is 11.5. The van der Waals surface area contributed by atoms with Crippen LogP contribution in [0, 0.1) is 5.92 Å². The zero-order chi connectivity index (χ0) is 13.9. The molecule has 0 atom stereocenters. The lowest BCUT2D eigenvalue weighted by Gasteiger charge is -2.14. The Kier molecular flexibility index (Phi) is 4.79. The maximum Gasteiger partial charge on any atom is 0.416 e. The van der Waals surface area contributed by atoms with Crippen molar-refractivity contribution < 1.29 is 13.2 Å². The first kappa shape index (κ1) is 14.7. The second-order valence-corrected chi connectivity index (χ2v) is 6.08. The van der Waals surface area contributed by atoms with Crippen LogP contribution in [-0.4, -0.2) is 5.75 Å². The van der Waals surface area contributed by atoms with Gasteiger partial charge < -0.3 is 5.73 Å². The first-order chi connectivity index (χ1) is 9.00. The maximum atomic E-state index is 12.9. The summed E-state index contributed by atoms with van der Waals surface area (Å²) in [7, 11) is 0. The molecule has 2 rings (SSSR count). The molecule has 0 bridgehead atoms. The van der Waals surface area contributed by atoms with Crippen molar-refractivity contribution in [2.75, 3.05) is 5.75 Å². The van der Waals surface area contributed by atoms with E-state index < -0.39 is 11.7 Å². The van der Waals surface area contributed by atoms with Gasteiger partial charge in [0.05, 0.1) is 5.56 Å². The minimum Gasteiger partial charge on any atom is -0.326 e. The lowest BCUT2D eigenvalue weighted by molar-refractivity contribution is -0.138. The van der Waals surface area contributed by atoms with Gasteiger partial charge >= 0.3 is 6.18 Å². The van der Waals surface area contributed by atoms with Crippen LogP contribution in [0.4, 0.5) is 13.2 Å². The second kappa shape index (κ2) is 6.18. The molecule has 0 aromatic heterocycles. The highest BCUT2D eigenvalue weighted by molar-refractivity contribution is 7.99. The van der Waals surface area contributed by atoms with Crippen molar-refractivity contribution in [3.05, 3.63) is 29.3 Å². The summed E-state index contributed by atoms with van der Waals surface area (Å²) >= 11 is 1.53. The molecule has 19 heavy (non-hydrogen) atoms. The molecule has 0 radical (unpaired) electrons. The number of hydrogen-bond donors (Lipinski definition) is 1. The van der Waals surface area contributed by atoms with E-state index in [1.807, 2.05) is 0 Å². The molecule has 1 aliphatic rings. The van der Waals surface area contributed by atoms with Gasteiger partial charge in [0.1, 0.15) is 0 Å². The van der Waals surface area contributed by atoms with E-state index in [9.17, 15) is 13.2 Å². The number of benzene rings is 1. The van der Waals surface area contributed by atoms with Gasteiger partial charge in [-0.3, -0.25) is 0 Å². The predicted molar refractivity (Wildman–Crippen MR) is 72.0 cm³/mol. The van der Waals surface area contributed by atoms with Crippen molar-refractivity contribution in [1.82, 2.24) is 0 Å². The summed E-state index contributed by atoms with van der Waals surface area (Å²) in [5.41, 5.74) is 4.94. The molecule has 1 aliphatic carbocycles. The predicted octanol–water partition coefficient (Wildman–Crippen LogP) is 4.45. The molecule has 0 amide bonds. The molecule has 0 unspecified atom stereocenters. The summed E-state index contributed by atoms with van der Waals surface area (Å²) in [5, 5.41) is 0. The molecular formula is C14H18F3NS. The molecule has 1 saturated carbocycles. The van der Waals surface area contributed by atoms with Gasteiger partial charge in [0, 0.05) is 17.2 Å². The van der Waals surface area contributed by atoms with Crippen LogP contribution < -0.4 is 5.73 Å². The van der Waals surface area contributed by atoms with Gasteiger partial charge in [-0.15, -0.1) is 11.8 Å². The minimum absolute atomic E-state index is 0.0809. The van der Waals surface area contributed by atoms with Crippen LogP contribution in [0.15, 0.2) is 23.1 Å². The van der Waals surface area contributed by atoms with Gasteiger partial charge in [-0.2, -0.15) is 13.2 Å². The fourth-order valence-electron chi connectivity index (χ4n) is 2.48. The first-order valence-electron chi connectivity index (χ1n) is 6.53. The molecule has 0 saturated heterocycles. The van der Waals surface area contributed by atoms with Crippen LogP contribution >= 0.6 is 11.8 Å². The second-order valence-electron chi connectivity index (χ2n) is 4.98. The summed E-state index contributed by atoms with van der Waals surface area (Å²) < 4.78 is 38.7. The SMILES string of the molecule is NCc1ccc(SCC2CCCC2)cc1C(F)(F)F. The molecule has 1 nitrogen and oxygen atoms in total. The van der Waals surface area contributed by atoms with Gasteiger partial charge in [-0.1, -0.05) is 18.9 Å². The van der Waals surface area contributed by atoms with Crippen LogP contribution in [0.25, 0.3) is 0 Å². The van der Waals surface area contributed by atoms with E-state index in [-0.39, 0.29) is 12.1 Å². The van der Waals surface area contributed by atoms with Crippen LogP contribution in [0.5, 0.6) is 0 Å². The molecule has 1 aromatic carbocycles. The van der Waals surface area contributed by atoms with E-state index in [0.29, 0.717) is 10.8 Å². The van der Waals surface area contributed by atoms with Gasteiger partial charge in [0.25, 0.3) is 0 Å². The largest absolute Gasteiger partial charge is 0.416 e. The Morgan fingerprint density at radius 2 is 1.89 bits per heavy atom. The number of halogens is 3. The molecule has 0 aliphatic heterocycles. The fourth-order valence-corrected chi connectivity index (χ4v) is 3.61. The average Bonchev–Trinajstić information content (AvgIpc) is 2.88. The molecule has 0 spiro atoms. The third-order valence-electron chi connectivity index (χ3n) is 3.57. The number of rotatable bonds is 4. The molecule has 5 heteroatoms. The third-order valence-corrected chi connectivity index (χ3v) is 4.79. The summed E-state index contributed by atoms with van der Waals surface area (Å²) in [6.45, 7) is -0.0809. The number of alkyl halides is 3. The van der Waals surface area contributed by atoms with Crippen molar-refractivity contribution >= 4 is 11.8 Å². The Labute approximate surface area is 115 Å². The maximum absolute atomic E-state index is 12.9. The summed E-state index contributed by atoms with van der Waals surface area (Å²) in [6, 6.07) is 4.48. The fraction of sp³-hybridized carbons (Fsp3) is 0.571. The lowest BCUT2D eigenvalue weighted by Crippen LogP contribution is -2.12. The van der Waals surface area contributed by atoms with Gasteiger partial charge in [-0.05, 0) is 36.5 Å². The van der Waals surface area contributed by atoms with E-state index in [2.05, 4.69) is 0 Å². The van der Waals surface area contributed by atoms with Crippen molar-refractivity contribution in [1.29, 1.82) is 0 Å². The minimum atomic E-state index is -4.32. The third kappa shape index (κ3) is 3.89. The van der Waals surface area contributed by atoms with E-state index >= 15 is 0 Å². The van der Waals surface area contributed by atoms with Crippen molar-refractivity contribution in [3.63, 3.8) is 0 Å². The van der Waals surface area contributed by atoms with Gasteiger partial charge in [0.2, 0.25) is 0 Å². The smallest absolute Gasteiger partial charge is 0.326 e. The van der Waals surface area contributed by atoms with Crippen LogP contribution in [0.3, 0.4) is 0 Å². The van der Waals surface area contributed by atoms with Gasteiger partial charge in [0.15, 0.2) is 0 Å². The number of nitrogens with two attached hydrogens (primary N) is 1. The topological polar surface area (TPSA) is 26.0 Å². The van der Waals surface area contributed by atoms with E-state index in [1.165, 1.54) is 49.6 Å². The molecule has 2 N–H and O–H groups in total. The van der Waals surface area contributed by atoms with Crippen molar-refractivity contribution in [2.24, 2.45) is 11.7 Å². The molecule has 0 heterocycles. The van der Waals surface area contributed by atoms with E-state index in [0.717, 1.165) is 5.75 Å². The van der Waals surface area contributed by atoms with Crippen LogP contribution in [0.1, 0.15) is 36.8 Å². The van der Waals surface area contributed by atoms with Crippen LogP contribution in [-0.2, 0) is 12.7 Å². The Balaban J connectivity index is 2.08. The molecule has 106 valence electrons. The van der Waals surface area contributed by atoms with Crippen molar-refractivity contribution in [3.8, 4) is 0 Å². The van der Waals surface area contributed by atoms with Crippen molar-refractivity contribution in [2.45, 2.75) is 43.3 Å². The highest BCUT2D eigenvalue weighted by Gasteiger charge is 2.33. The zero-order valence-electron chi connectivity index (χ0n) is 10.7. The highest BCUT2D eigenvalue weighted by Crippen LogP contribution is 2.36. The van der Waals surface area contributed by atoms with Gasteiger partial charge in [-0.25, -0.2) is 0 Å². The first-order valence-corrected chi connectivity index (χ1v) is 7.52. The summed E-state index contributed by atoms with van der Waals surface area (Å²) in [4.78, 5) is 0.691. The van der Waals surface area contributed by atoms with E-state index in [4.69, 9.17) is 5.73 Å². The Morgan fingerprint density at radius 3 is 2.47 bits per heavy atom. The Bertz CT molecular complexity index is 425. The van der Waals surface area contributed by atoms with Crippen LogP contribution in [0.2, 0.25) is 0 Å². The highest BCUT2D eigenvalue weighted by atomic mass is 32.2. The molecule has 1 aromatic rings. The normalized spacial score (nSPS) is 17.1. The Morgan fingerprint density at radius 1 is 1.21 bits per heavy atom. The molecule has 1 fully saturated rings. The Hall–Kier alpha value is -0.680. The quantitative estimate of drug-likeness (QED) is 0.829. The molecular weight excluding hydrogens is 271 g/mol. The number of thioether (sulfide) groups is 1. The monoisotopic (exact) mass is 289 g/mol. The van der Waals surface area contributed by atoms with E-state index in [1.54, 1.807) is 6.07 Å².